The minimum absolute atomic E-state index is 0.175. The highest BCUT2D eigenvalue weighted by Crippen LogP contribution is 2.30. The Morgan fingerprint density at radius 3 is 2.42 bits per heavy atom. The molecule has 0 bridgehead atoms. The van der Waals surface area contributed by atoms with E-state index in [0.29, 0.717) is 21.9 Å². The summed E-state index contributed by atoms with van der Waals surface area (Å²) in [5.41, 5.74) is 3.72. The van der Waals surface area contributed by atoms with E-state index >= 15 is 0 Å². The van der Waals surface area contributed by atoms with Crippen LogP contribution in [0.15, 0.2) is 70.2 Å². The van der Waals surface area contributed by atoms with E-state index in [9.17, 15) is 9.59 Å². The van der Waals surface area contributed by atoms with Crippen LogP contribution in [0.5, 0.6) is 11.5 Å². The number of esters is 1. The summed E-state index contributed by atoms with van der Waals surface area (Å²) in [6, 6.07) is 16.2. The van der Waals surface area contributed by atoms with Crippen LogP contribution in [0.1, 0.15) is 26.3 Å². The number of nitrogens with zero attached hydrogens (tertiary/aromatic N) is 1. The van der Waals surface area contributed by atoms with Crippen molar-refractivity contribution in [3.8, 4) is 11.5 Å². The summed E-state index contributed by atoms with van der Waals surface area (Å²) in [5, 5.41) is 4.54. The first-order chi connectivity index (χ1) is 14.9. The summed E-state index contributed by atoms with van der Waals surface area (Å²) in [7, 11) is 1.44. The Labute approximate surface area is 196 Å². The van der Waals surface area contributed by atoms with Gasteiger partial charge in [-0.1, -0.05) is 39.1 Å². The van der Waals surface area contributed by atoms with Gasteiger partial charge >= 0.3 is 5.97 Å². The molecule has 1 N–H and O–H groups in total. The molecular weight excluding hydrogens is 507 g/mol. The fourth-order valence-corrected chi connectivity index (χ4v) is 3.24. The van der Waals surface area contributed by atoms with Gasteiger partial charge in [0.05, 0.1) is 23.9 Å². The summed E-state index contributed by atoms with van der Waals surface area (Å²) in [6.07, 6.45) is 1.45. The number of rotatable bonds is 6. The monoisotopic (exact) mass is 520 g/mol. The van der Waals surface area contributed by atoms with Crippen molar-refractivity contribution in [2.75, 3.05) is 7.11 Å². The van der Waals surface area contributed by atoms with Crippen molar-refractivity contribution in [1.29, 1.82) is 0 Å². The third kappa shape index (κ3) is 6.07. The molecule has 0 aliphatic carbocycles. The number of ether oxygens (including phenoxy) is 2. The highest BCUT2D eigenvalue weighted by molar-refractivity contribution is 9.10. The topological polar surface area (TPSA) is 77.0 Å². The second-order valence-electron chi connectivity index (χ2n) is 6.13. The first kappa shape index (κ1) is 22.8. The number of amides is 1. The van der Waals surface area contributed by atoms with Gasteiger partial charge in [-0.2, -0.15) is 5.10 Å². The van der Waals surface area contributed by atoms with E-state index < -0.39 is 5.97 Å². The van der Waals surface area contributed by atoms with Gasteiger partial charge in [0.25, 0.3) is 5.91 Å². The fourth-order valence-electron chi connectivity index (χ4n) is 2.49. The van der Waals surface area contributed by atoms with Crippen molar-refractivity contribution >= 4 is 57.2 Å². The highest BCUT2D eigenvalue weighted by atomic mass is 79.9. The number of halogens is 3. The zero-order valence-corrected chi connectivity index (χ0v) is 19.2. The molecule has 3 rings (SSSR count). The predicted octanol–water partition coefficient (Wildman–Crippen LogP) is 5.75. The maximum Gasteiger partial charge on any atom is 0.345 e. The van der Waals surface area contributed by atoms with Crippen molar-refractivity contribution < 1.29 is 19.1 Å². The lowest BCUT2D eigenvalue weighted by Gasteiger charge is -2.10. The number of carbonyl (C=O) groups is 2. The standard InChI is InChI=1S/C22H15BrCl2N2O4/c1-30-20-10-13(12-26-27-21(28)14-3-5-15(23)6-4-14)2-9-19(20)31-22(29)17-8-7-16(24)11-18(17)25/h2-12H,1H3,(H,27,28)/b26-12-. The van der Waals surface area contributed by atoms with Crippen LogP contribution in [0.4, 0.5) is 0 Å². The first-order valence-corrected chi connectivity index (χ1v) is 10.4. The molecule has 31 heavy (non-hydrogen) atoms. The zero-order valence-electron chi connectivity index (χ0n) is 16.1. The molecular formula is C22H15BrCl2N2O4. The number of benzene rings is 3. The van der Waals surface area contributed by atoms with E-state index in [1.54, 1.807) is 48.5 Å². The van der Waals surface area contributed by atoms with Gasteiger partial charge in [0.1, 0.15) is 0 Å². The largest absolute Gasteiger partial charge is 0.493 e. The van der Waals surface area contributed by atoms with E-state index in [4.69, 9.17) is 32.7 Å². The molecule has 0 aromatic heterocycles. The minimum Gasteiger partial charge on any atom is -0.493 e. The minimum atomic E-state index is -0.650. The third-order valence-corrected chi connectivity index (χ3v) is 5.10. The summed E-state index contributed by atoms with van der Waals surface area (Å²) in [4.78, 5) is 24.5. The maximum atomic E-state index is 12.4. The van der Waals surface area contributed by atoms with E-state index in [-0.39, 0.29) is 22.2 Å². The number of hydrogen-bond donors (Lipinski definition) is 1. The molecule has 0 unspecified atom stereocenters. The van der Waals surface area contributed by atoms with Gasteiger partial charge in [0.2, 0.25) is 0 Å². The molecule has 6 nitrogen and oxygen atoms in total. The lowest BCUT2D eigenvalue weighted by Crippen LogP contribution is -2.17. The maximum absolute atomic E-state index is 12.4. The van der Waals surface area contributed by atoms with Crippen molar-refractivity contribution in [2.45, 2.75) is 0 Å². The molecule has 0 spiro atoms. The van der Waals surface area contributed by atoms with Crippen LogP contribution >= 0.6 is 39.1 Å². The Bertz CT molecular complexity index is 1150. The molecule has 0 fully saturated rings. The summed E-state index contributed by atoms with van der Waals surface area (Å²) >= 11 is 15.2. The third-order valence-electron chi connectivity index (χ3n) is 4.03. The normalized spacial score (nSPS) is 10.7. The Balaban J connectivity index is 1.69. The van der Waals surface area contributed by atoms with Gasteiger partial charge in [-0.15, -0.1) is 0 Å². The van der Waals surface area contributed by atoms with Crippen LogP contribution in [0.3, 0.4) is 0 Å². The van der Waals surface area contributed by atoms with Crippen LogP contribution in [0, 0.1) is 0 Å². The summed E-state index contributed by atoms with van der Waals surface area (Å²) in [6.45, 7) is 0. The van der Waals surface area contributed by atoms with Crippen LogP contribution in [0.25, 0.3) is 0 Å². The molecule has 9 heteroatoms. The average Bonchev–Trinajstić information content (AvgIpc) is 2.75. The van der Waals surface area contributed by atoms with Gasteiger partial charge in [-0.05, 0) is 66.2 Å². The predicted molar refractivity (Wildman–Crippen MR) is 124 cm³/mol. The van der Waals surface area contributed by atoms with Crippen molar-refractivity contribution in [1.82, 2.24) is 5.43 Å². The Morgan fingerprint density at radius 2 is 1.74 bits per heavy atom. The lowest BCUT2D eigenvalue weighted by molar-refractivity contribution is 0.0729. The summed E-state index contributed by atoms with van der Waals surface area (Å²) in [5.74, 6) is -0.486. The Hall–Kier alpha value is -2.87. The molecule has 0 saturated heterocycles. The molecule has 0 atom stereocenters. The van der Waals surface area contributed by atoms with Crippen molar-refractivity contribution in [2.24, 2.45) is 5.10 Å². The van der Waals surface area contributed by atoms with Gasteiger partial charge in [0.15, 0.2) is 11.5 Å². The quantitative estimate of drug-likeness (QED) is 0.194. The number of carbonyl (C=O) groups excluding carboxylic acids is 2. The second-order valence-corrected chi connectivity index (χ2v) is 7.89. The Kier molecular flexibility index (Phi) is 7.68. The van der Waals surface area contributed by atoms with Crippen LogP contribution in [0.2, 0.25) is 10.0 Å². The number of hydrogen-bond acceptors (Lipinski definition) is 5. The first-order valence-electron chi connectivity index (χ1n) is 8.81. The molecule has 0 heterocycles. The van der Waals surface area contributed by atoms with Crippen LogP contribution in [-0.4, -0.2) is 25.2 Å². The molecule has 0 aliphatic heterocycles. The highest BCUT2D eigenvalue weighted by Gasteiger charge is 2.16. The molecule has 158 valence electrons. The smallest absolute Gasteiger partial charge is 0.345 e. The average molecular weight is 522 g/mol. The molecule has 3 aromatic carbocycles. The summed E-state index contributed by atoms with van der Waals surface area (Å²) < 4.78 is 11.6. The molecule has 3 aromatic rings. The number of hydrazone groups is 1. The molecule has 0 aliphatic rings. The Morgan fingerprint density at radius 1 is 1.00 bits per heavy atom. The van der Waals surface area contributed by atoms with Crippen molar-refractivity contribution in [3.05, 3.63) is 91.9 Å². The van der Waals surface area contributed by atoms with E-state index in [0.717, 1.165) is 4.47 Å². The number of nitrogens with one attached hydrogen (secondary N) is 1. The lowest BCUT2D eigenvalue weighted by atomic mass is 10.2. The zero-order chi connectivity index (χ0) is 22.4. The van der Waals surface area contributed by atoms with E-state index in [2.05, 4.69) is 26.5 Å². The van der Waals surface area contributed by atoms with E-state index in [1.165, 1.54) is 25.5 Å². The van der Waals surface area contributed by atoms with Gasteiger partial charge in [-0.25, -0.2) is 10.2 Å². The van der Waals surface area contributed by atoms with Gasteiger partial charge in [-0.3, -0.25) is 4.79 Å². The van der Waals surface area contributed by atoms with Crippen molar-refractivity contribution in [3.63, 3.8) is 0 Å². The van der Waals surface area contributed by atoms with Gasteiger partial charge < -0.3 is 9.47 Å². The van der Waals surface area contributed by atoms with Crippen LogP contribution < -0.4 is 14.9 Å². The second kappa shape index (κ2) is 10.4. The van der Waals surface area contributed by atoms with Crippen LogP contribution in [-0.2, 0) is 0 Å². The fraction of sp³-hybridized carbons (Fsp3) is 0.0455. The molecule has 1 amide bonds. The van der Waals surface area contributed by atoms with Gasteiger partial charge in [0, 0.05) is 15.1 Å². The molecule has 0 radical (unpaired) electrons. The molecule has 0 saturated carbocycles. The van der Waals surface area contributed by atoms with E-state index in [1.807, 2.05) is 0 Å². The number of methoxy groups -OCH3 is 1. The SMILES string of the molecule is COc1cc(/C=N\NC(=O)c2ccc(Br)cc2)ccc1OC(=O)c1ccc(Cl)cc1Cl.